The van der Waals surface area contributed by atoms with Crippen LogP contribution in [0, 0.1) is 10.1 Å². The molecule has 0 saturated carbocycles. The highest BCUT2D eigenvalue weighted by atomic mass is 16.6. The van der Waals surface area contributed by atoms with Crippen molar-refractivity contribution in [3.8, 4) is 0 Å². The summed E-state index contributed by atoms with van der Waals surface area (Å²) >= 11 is 0. The molecule has 2 N–H and O–H groups in total. The second-order valence-corrected chi connectivity index (χ2v) is 4.41. The molecular weight excluding hydrogens is 274 g/mol. The summed E-state index contributed by atoms with van der Waals surface area (Å²) in [5.41, 5.74) is 1.19. The van der Waals surface area contributed by atoms with Gasteiger partial charge in [-0.15, -0.1) is 0 Å². The lowest BCUT2D eigenvalue weighted by Crippen LogP contribution is -2.08. The Hall–Kier alpha value is -2.25. The molecular formula is C14H17N3O4. The number of aliphatic hydroxyl groups is 1. The number of nitro benzene ring substituents is 1. The van der Waals surface area contributed by atoms with E-state index in [1.54, 1.807) is 24.4 Å². The lowest BCUT2D eigenvalue weighted by atomic mass is 10.1. The minimum atomic E-state index is -0.429. The van der Waals surface area contributed by atoms with Gasteiger partial charge in [0.25, 0.3) is 5.69 Å². The van der Waals surface area contributed by atoms with E-state index in [4.69, 9.17) is 9.84 Å². The Labute approximate surface area is 121 Å². The number of rotatable bonds is 8. The van der Waals surface area contributed by atoms with E-state index in [1.165, 1.54) is 6.07 Å². The number of benzene rings is 1. The highest BCUT2D eigenvalue weighted by Gasteiger charge is 2.13. The van der Waals surface area contributed by atoms with Gasteiger partial charge in [-0.3, -0.25) is 10.1 Å². The second kappa shape index (κ2) is 7.51. The topological polar surface area (TPSA) is 97.5 Å². The van der Waals surface area contributed by atoms with Crippen LogP contribution in [-0.4, -0.2) is 41.4 Å². The quantitative estimate of drug-likeness (QED) is 0.438. The van der Waals surface area contributed by atoms with Crippen LogP contribution < -0.4 is 5.32 Å². The summed E-state index contributed by atoms with van der Waals surface area (Å²) in [5, 5.41) is 23.5. The summed E-state index contributed by atoms with van der Waals surface area (Å²) in [6.45, 7) is 1.58. The predicted octanol–water partition coefficient (Wildman–Crippen LogP) is 1.95. The van der Waals surface area contributed by atoms with Crippen molar-refractivity contribution in [2.75, 3.05) is 31.7 Å². The van der Waals surface area contributed by atoms with E-state index in [0.29, 0.717) is 25.3 Å². The Balaban J connectivity index is 2.07. The van der Waals surface area contributed by atoms with Gasteiger partial charge in [0.05, 0.1) is 18.1 Å². The third-order valence-electron chi connectivity index (χ3n) is 2.96. The third kappa shape index (κ3) is 3.87. The van der Waals surface area contributed by atoms with Crippen molar-refractivity contribution in [1.29, 1.82) is 0 Å². The van der Waals surface area contributed by atoms with Crippen molar-refractivity contribution in [1.82, 2.24) is 4.98 Å². The smallest absolute Gasteiger partial charge is 0.295 e. The van der Waals surface area contributed by atoms with Crippen LogP contribution in [0.15, 0.2) is 30.5 Å². The van der Waals surface area contributed by atoms with Crippen LogP contribution in [0.3, 0.4) is 0 Å². The van der Waals surface area contributed by atoms with E-state index >= 15 is 0 Å². The van der Waals surface area contributed by atoms with Gasteiger partial charge in [0, 0.05) is 36.5 Å². The molecule has 1 heterocycles. The average Bonchev–Trinajstić information content (AvgIpc) is 2.50. The molecule has 112 valence electrons. The number of nitrogens with one attached hydrogen (secondary N) is 1. The summed E-state index contributed by atoms with van der Waals surface area (Å²) in [7, 11) is 0. The molecule has 21 heavy (non-hydrogen) atoms. The molecule has 0 radical (unpaired) electrons. The summed E-state index contributed by atoms with van der Waals surface area (Å²) in [6.07, 6.45) is 2.33. The summed E-state index contributed by atoms with van der Waals surface area (Å²) < 4.78 is 5.17. The SMILES string of the molecule is O=[N+]([O-])c1cccc2c(NCCCOCCO)ccnc12. The molecule has 0 aliphatic heterocycles. The number of non-ortho nitro benzene ring substituents is 1. The van der Waals surface area contributed by atoms with Crippen molar-refractivity contribution in [3.63, 3.8) is 0 Å². The maximum atomic E-state index is 11.0. The Kier molecular flexibility index (Phi) is 5.42. The van der Waals surface area contributed by atoms with Crippen molar-refractivity contribution in [2.24, 2.45) is 0 Å². The van der Waals surface area contributed by atoms with Gasteiger partial charge >= 0.3 is 0 Å². The number of aliphatic hydroxyl groups excluding tert-OH is 1. The zero-order chi connectivity index (χ0) is 15.1. The number of anilines is 1. The van der Waals surface area contributed by atoms with Crippen LogP contribution in [0.2, 0.25) is 0 Å². The molecule has 1 aromatic heterocycles. The third-order valence-corrected chi connectivity index (χ3v) is 2.96. The van der Waals surface area contributed by atoms with Crippen molar-refractivity contribution in [2.45, 2.75) is 6.42 Å². The number of nitrogens with zero attached hydrogens (tertiary/aromatic N) is 2. The molecule has 0 fully saturated rings. The largest absolute Gasteiger partial charge is 0.394 e. The van der Waals surface area contributed by atoms with Gasteiger partial charge in [-0.1, -0.05) is 12.1 Å². The first-order chi connectivity index (χ1) is 10.2. The van der Waals surface area contributed by atoms with E-state index in [0.717, 1.165) is 17.5 Å². The molecule has 7 heteroatoms. The lowest BCUT2D eigenvalue weighted by molar-refractivity contribution is -0.383. The number of fused-ring (bicyclic) bond motifs is 1. The van der Waals surface area contributed by atoms with Gasteiger partial charge in [-0.25, -0.2) is 4.98 Å². The minimum absolute atomic E-state index is 0.00225. The van der Waals surface area contributed by atoms with Gasteiger partial charge in [-0.2, -0.15) is 0 Å². The molecule has 0 unspecified atom stereocenters. The van der Waals surface area contributed by atoms with Crippen LogP contribution in [0.5, 0.6) is 0 Å². The Bertz CT molecular complexity index is 618. The van der Waals surface area contributed by atoms with E-state index < -0.39 is 4.92 Å². The standard InChI is InChI=1S/C14H17N3O4/c18-8-10-21-9-2-6-15-12-5-7-16-14-11(12)3-1-4-13(14)17(19)20/h1,3-5,7,18H,2,6,8-10H2,(H,15,16). The number of nitro groups is 1. The Morgan fingerprint density at radius 2 is 2.19 bits per heavy atom. The Morgan fingerprint density at radius 1 is 1.33 bits per heavy atom. The lowest BCUT2D eigenvalue weighted by Gasteiger charge is -2.09. The van der Waals surface area contributed by atoms with Crippen LogP contribution in [0.1, 0.15) is 6.42 Å². The highest BCUT2D eigenvalue weighted by molar-refractivity contribution is 5.96. The van der Waals surface area contributed by atoms with Gasteiger partial charge in [0.1, 0.15) is 5.52 Å². The molecule has 0 bridgehead atoms. The van der Waals surface area contributed by atoms with E-state index in [1.807, 2.05) is 0 Å². The molecule has 0 saturated heterocycles. The fraction of sp³-hybridized carbons (Fsp3) is 0.357. The molecule has 0 spiro atoms. The zero-order valence-electron chi connectivity index (χ0n) is 11.5. The first-order valence-electron chi connectivity index (χ1n) is 6.68. The maximum absolute atomic E-state index is 11.0. The van der Waals surface area contributed by atoms with Crippen molar-refractivity contribution >= 4 is 22.3 Å². The average molecular weight is 291 g/mol. The van der Waals surface area contributed by atoms with Gasteiger partial charge < -0.3 is 15.2 Å². The van der Waals surface area contributed by atoms with Crippen molar-refractivity contribution in [3.05, 3.63) is 40.6 Å². The monoisotopic (exact) mass is 291 g/mol. The van der Waals surface area contributed by atoms with Gasteiger partial charge in [0.15, 0.2) is 0 Å². The Morgan fingerprint density at radius 3 is 2.95 bits per heavy atom. The summed E-state index contributed by atoms with van der Waals surface area (Å²) in [6, 6.07) is 6.69. The number of ether oxygens (including phenoxy) is 1. The van der Waals surface area contributed by atoms with E-state index in [-0.39, 0.29) is 12.3 Å². The first-order valence-corrected chi connectivity index (χ1v) is 6.68. The molecule has 0 aliphatic rings. The molecule has 2 aromatic rings. The molecule has 7 nitrogen and oxygen atoms in total. The maximum Gasteiger partial charge on any atom is 0.295 e. The van der Waals surface area contributed by atoms with Gasteiger partial charge in [0.2, 0.25) is 0 Å². The second-order valence-electron chi connectivity index (χ2n) is 4.41. The van der Waals surface area contributed by atoms with Crippen LogP contribution in [0.25, 0.3) is 10.9 Å². The normalized spacial score (nSPS) is 10.7. The number of para-hydroxylation sites is 1. The molecule has 2 rings (SSSR count). The minimum Gasteiger partial charge on any atom is -0.394 e. The molecule has 0 atom stereocenters. The van der Waals surface area contributed by atoms with Crippen LogP contribution in [0.4, 0.5) is 11.4 Å². The number of hydrogen-bond donors (Lipinski definition) is 2. The molecule has 0 aliphatic carbocycles. The van der Waals surface area contributed by atoms with Gasteiger partial charge in [-0.05, 0) is 12.5 Å². The van der Waals surface area contributed by atoms with Crippen molar-refractivity contribution < 1.29 is 14.8 Å². The predicted molar refractivity (Wildman–Crippen MR) is 79.4 cm³/mol. The van der Waals surface area contributed by atoms with E-state index in [9.17, 15) is 10.1 Å². The number of pyridine rings is 1. The first kappa shape index (κ1) is 15.1. The fourth-order valence-electron chi connectivity index (χ4n) is 2.03. The van der Waals surface area contributed by atoms with Crippen LogP contribution >= 0.6 is 0 Å². The van der Waals surface area contributed by atoms with E-state index in [2.05, 4.69) is 10.3 Å². The summed E-state index contributed by atoms with van der Waals surface area (Å²) in [5.74, 6) is 0. The molecule has 1 aromatic carbocycles. The summed E-state index contributed by atoms with van der Waals surface area (Å²) in [4.78, 5) is 14.7. The van der Waals surface area contributed by atoms with Crippen LogP contribution in [-0.2, 0) is 4.74 Å². The number of aromatic nitrogens is 1. The molecule has 0 amide bonds. The number of hydrogen-bond acceptors (Lipinski definition) is 6. The highest BCUT2D eigenvalue weighted by Crippen LogP contribution is 2.28. The zero-order valence-corrected chi connectivity index (χ0v) is 11.5. The fourth-order valence-corrected chi connectivity index (χ4v) is 2.03.